The molecule has 0 radical (unpaired) electrons. The molecule has 1 aromatic heterocycles. The first-order valence-electron chi connectivity index (χ1n) is 7.11. The number of rotatable bonds is 5. The molecule has 24 heavy (non-hydrogen) atoms. The first kappa shape index (κ1) is 18.0. The Bertz CT molecular complexity index is 720. The fourth-order valence-corrected chi connectivity index (χ4v) is 2.80. The van der Waals surface area contributed by atoms with Crippen LogP contribution in [0.4, 0.5) is 14.5 Å². The second-order valence-corrected chi connectivity index (χ2v) is 6.11. The Kier molecular flexibility index (Phi) is 5.99. The van der Waals surface area contributed by atoms with Crippen LogP contribution in [0.3, 0.4) is 0 Å². The van der Waals surface area contributed by atoms with Crippen molar-refractivity contribution in [2.75, 3.05) is 26.0 Å². The van der Waals surface area contributed by atoms with Crippen molar-refractivity contribution in [3.63, 3.8) is 0 Å². The average molecular weight is 353 g/mol. The lowest BCUT2D eigenvalue weighted by molar-refractivity contribution is -0.136. The standard InChI is InChI=1S/C16H17F2N3O2S/c1-21(2)14(10-5-6-24-9-10)8-19-15(22)16(23)20-11-3-4-12(17)13(18)7-11/h3-7,9,14H,8H2,1-2H3,(H,19,22)(H,20,23)/t14-/m0/s1. The summed E-state index contributed by atoms with van der Waals surface area (Å²) in [7, 11) is 3.74. The molecule has 2 amide bonds. The van der Waals surface area contributed by atoms with Gasteiger partial charge in [-0.25, -0.2) is 8.78 Å². The number of likely N-dealkylation sites (N-methyl/N-ethyl adjacent to an activating group) is 1. The third kappa shape index (κ3) is 4.59. The van der Waals surface area contributed by atoms with Crippen LogP contribution in [0.2, 0.25) is 0 Å². The maximum absolute atomic E-state index is 13.1. The van der Waals surface area contributed by atoms with E-state index in [2.05, 4.69) is 10.6 Å². The van der Waals surface area contributed by atoms with E-state index >= 15 is 0 Å². The van der Waals surface area contributed by atoms with E-state index in [1.54, 1.807) is 11.3 Å². The van der Waals surface area contributed by atoms with Crippen molar-refractivity contribution in [3.05, 3.63) is 52.2 Å². The van der Waals surface area contributed by atoms with Gasteiger partial charge in [0.25, 0.3) is 0 Å². The lowest BCUT2D eigenvalue weighted by Crippen LogP contribution is -2.40. The molecule has 1 heterocycles. The normalized spacial score (nSPS) is 12.0. The largest absolute Gasteiger partial charge is 0.346 e. The molecule has 2 N–H and O–H groups in total. The van der Waals surface area contributed by atoms with E-state index in [4.69, 9.17) is 0 Å². The van der Waals surface area contributed by atoms with Crippen molar-refractivity contribution < 1.29 is 18.4 Å². The number of halogens is 2. The molecule has 0 spiro atoms. The van der Waals surface area contributed by atoms with Gasteiger partial charge in [-0.05, 0) is 48.6 Å². The number of hydrogen-bond donors (Lipinski definition) is 2. The van der Waals surface area contributed by atoms with Gasteiger partial charge in [0.05, 0.1) is 6.04 Å². The van der Waals surface area contributed by atoms with Crippen molar-refractivity contribution >= 4 is 28.8 Å². The highest BCUT2D eigenvalue weighted by atomic mass is 32.1. The highest BCUT2D eigenvalue weighted by molar-refractivity contribution is 7.07. The van der Waals surface area contributed by atoms with Crippen LogP contribution in [0.1, 0.15) is 11.6 Å². The van der Waals surface area contributed by atoms with Crippen molar-refractivity contribution in [2.45, 2.75) is 6.04 Å². The van der Waals surface area contributed by atoms with Gasteiger partial charge in [0.2, 0.25) is 0 Å². The number of anilines is 1. The summed E-state index contributed by atoms with van der Waals surface area (Å²) in [6.07, 6.45) is 0. The van der Waals surface area contributed by atoms with Crippen molar-refractivity contribution in [1.29, 1.82) is 0 Å². The fraction of sp³-hybridized carbons (Fsp3) is 0.250. The lowest BCUT2D eigenvalue weighted by atomic mass is 10.1. The van der Waals surface area contributed by atoms with Gasteiger partial charge in [-0.3, -0.25) is 9.59 Å². The van der Waals surface area contributed by atoms with Crippen LogP contribution in [-0.4, -0.2) is 37.4 Å². The fourth-order valence-electron chi connectivity index (χ4n) is 2.09. The van der Waals surface area contributed by atoms with E-state index in [0.717, 1.165) is 17.7 Å². The van der Waals surface area contributed by atoms with Crippen LogP contribution in [-0.2, 0) is 9.59 Å². The number of carbonyl (C=O) groups is 2. The summed E-state index contributed by atoms with van der Waals surface area (Å²) in [6.45, 7) is 0.244. The first-order chi connectivity index (χ1) is 11.4. The van der Waals surface area contributed by atoms with E-state index in [-0.39, 0.29) is 18.3 Å². The zero-order valence-corrected chi connectivity index (χ0v) is 14.0. The van der Waals surface area contributed by atoms with Gasteiger partial charge in [0.15, 0.2) is 11.6 Å². The third-order valence-corrected chi connectivity index (χ3v) is 4.09. The number of hydrogen-bond acceptors (Lipinski definition) is 4. The second kappa shape index (κ2) is 7.98. The molecule has 5 nitrogen and oxygen atoms in total. The smallest absolute Gasteiger partial charge is 0.313 e. The number of benzene rings is 1. The Morgan fingerprint density at radius 2 is 1.92 bits per heavy atom. The molecule has 0 saturated heterocycles. The zero-order chi connectivity index (χ0) is 17.7. The maximum Gasteiger partial charge on any atom is 0.313 e. The topological polar surface area (TPSA) is 61.4 Å². The summed E-state index contributed by atoms with van der Waals surface area (Å²) in [5, 5.41) is 8.68. The Morgan fingerprint density at radius 3 is 2.50 bits per heavy atom. The molecule has 0 aliphatic rings. The van der Waals surface area contributed by atoms with Crippen LogP contribution in [0, 0.1) is 11.6 Å². The molecule has 8 heteroatoms. The number of amides is 2. The van der Waals surface area contributed by atoms with Gasteiger partial charge in [0.1, 0.15) is 0 Å². The second-order valence-electron chi connectivity index (χ2n) is 5.33. The molecule has 128 valence electrons. The summed E-state index contributed by atoms with van der Waals surface area (Å²) in [5.74, 6) is -3.91. The van der Waals surface area contributed by atoms with E-state index in [1.807, 2.05) is 35.8 Å². The highest BCUT2D eigenvalue weighted by Gasteiger charge is 2.19. The van der Waals surface area contributed by atoms with Crippen molar-refractivity contribution in [2.24, 2.45) is 0 Å². The average Bonchev–Trinajstić information content (AvgIpc) is 3.04. The van der Waals surface area contributed by atoms with Crippen molar-refractivity contribution in [3.8, 4) is 0 Å². The Labute approximate surface area is 142 Å². The van der Waals surface area contributed by atoms with Crippen LogP contribution in [0.25, 0.3) is 0 Å². The van der Waals surface area contributed by atoms with Crippen LogP contribution < -0.4 is 10.6 Å². The van der Waals surface area contributed by atoms with Crippen LogP contribution in [0.5, 0.6) is 0 Å². The van der Waals surface area contributed by atoms with Crippen LogP contribution >= 0.6 is 11.3 Å². The summed E-state index contributed by atoms with van der Waals surface area (Å²) in [5.41, 5.74) is 1.04. The molecule has 2 rings (SSSR count). The predicted octanol–water partition coefficient (Wildman–Crippen LogP) is 2.38. The first-order valence-corrected chi connectivity index (χ1v) is 8.05. The van der Waals surface area contributed by atoms with Gasteiger partial charge in [-0.15, -0.1) is 0 Å². The quantitative estimate of drug-likeness (QED) is 0.812. The van der Waals surface area contributed by atoms with Gasteiger partial charge in [0, 0.05) is 18.3 Å². The SMILES string of the molecule is CN(C)[C@@H](CNC(=O)C(=O)Nc1ccc(F)c(F)c1)c1ccsc1. The molecule has 0 aliphatic carbocycles. The third-order valence-electron chi connectivity index (χ3n) is 3.39. The van der Waals surface area contributed by atoms with E-state index in [9.17, 15) is 18.4 Å². The molecule has 0 saturated carbocycles. The number of nitrogens with zero attached hydrogens (tertiary/aromatic N) is 1. The summed E-state index contributed by atoms with van der Waals surface area (Å²) in [4.78, 5) is 25.6. The molecule has 2 aromatic rings. The summed E-state index contributed by atoms with van der Waals surface area (Å²) >= 11 is 1.55. The molecule has 0 unspecified atom stereocenters. The Hall–Kier alpha value is -2.32. The number of thiophene rings is 1. The van der Waals surface area contributed by atoms with E-state index in [1.165, 1.54) is 6.07 Å². The highest BCUT2D eigenvalue weighted by Crippen LogP contribution is 2.20. The van der Waals surface area contributed by atoms with Crippen LogP contribution in [0.15, 0.2) is 35.0 Å². The Balaban J connectivity index is 1.93. The molecule has 0 fully saturated rings. The van der Waals surface area contributed by atoms with Gasteiger partial charge >= 0.3 is 11.8 Å². The lowest BCUT2D eigenvalue weighted by Gasteiger charge is -2.23. The minimum atomic E-state index is -1.10. The molecule has 1 atom stereocenters. The molecule has 1 aromatic carbocycles. The van der Waals surface area contributed by atoms with E-state index in [0.29, 0.717) is 0 Å². The minimum Gasteiger partial charge on any atom is -0.346 e. The zero-order valence-electron chi connectivity index (χ0n) is 13.2. The monoisotopic (exact) mass is 353 g/mol. The maximum atomic E-state index is 13.1. The molecular formula is C16H17F2N3O2S. The summed E-state index contributed by atoms with van der Waals surface area (Å²) < 4.78 is 25.9. The Morgan fingerprint density at radius 1 is 1.17 bits per heavy atom. The van der Waals surface area contributed by atoms with Crippen molar-refractivity contribution in [1.82, 2.24) is 10.2 Å². The molecule has 0 aliphatic heterocycles. The predicted molar refractivity (Wildman–Crippen MR) is 88.7 cm³/mol. The van der Waals surface area contributed by atoms with Gasteiger partial charge in [-0.2, -0.15) is 11.3 Å². The van der Waals surface area contributed by atoms with Gasteiger partial charge < -0.3 is 15.5 Å². The molecule has 0 bridgehead atoms. The minimum absolute atomic E-state index is 0.0102. The van der Waals surface area contributed by atoms with Gasteiger partial charge in [-0.1, -0.05) is 0 Å². The molecular weight excluding hydrogens is 336 g/mol. The van der Waals surface area contributed by atoms with E-state index < -0.39 is 23.4 Å². The number of nitrogens with one attached hydrogen (secondary N) is 2. The number of carbonyl (C=O) groups excluding carboxylic acids is 2. The summed E-state index contributed by atoms with van der Waals surface area (Å²) in [6, 6.07) is 4.74.